The minimum Gasteiger partial charge on any atom is -0.383 e. The summed E-state index contributed by atoms with van der Waals surface area (Å²) in [5.74, 6) is 0. The average Bonchev–Trinajstić information content (AvgIpc) is 2.18. The number of rotatable bonds is 4. The van der Waals surface area contributed by atoms with Crippen LogP contribution in [-0.2, 0) is 4.74 Å². The molecule has 0 bridgehead atoms. The van der Waals surface area contributed by atoms with Gasteiger partial charge < -0.3 is 20.3 Å². The van der Waals surface area contributed by atoms with Gasteiger partial charge in [0.05, 0.1) is 6.61 Å². The third kappa shape index (κ3) is 5.30. The first kappa shape index (κ1) is 12.7. The number of thiocarbonyl (C=S) groups is 1. The summed E-state index contributed by atoms with van der Waals surface area (Å²) in [6, 6.07) is 0.492. The number of ether oxygens (including phenoxy) is 1. The number of likely N-dealkylation sites (N-methyl/N-ethyl adjacent to an activating group) is 1. The fraction of sp³-hybridized carbons (Fsp3) is 0.900. The van der Waals surface area contributed by atoms with Crippen molar-refractivity contribution in [1.82, 2.24) is 15.5 Å². The van der Waals surface area contributed by atoms with E-state index >= 15 is 0 Å². The Morgan fingerprint density at radius 1 is 1.60 bits per heavy atom. The molecule has 88 valence electrons. The molecule has 1 saturated heterocycles. The lowest BCUT2D eigenvalue weighted by molar-refractivity contribution is 0.203. The van der Waals surface area contributed by atoms with Gasteiger partial charge in [-0.3, -0.25) is 0 Å². The molecule has 1 unspecified atom stereocenters. The number of nitrogens with zero attached hydrogens (tertiary/aromatic N) is 1. The maximum Gasteiger partial charge on any atom is 0.166 e. The average molecular weight is 231 g/mol. The van der Waals surface area contributed by atoms with Gasteiger partial charge in [-0.15, -0.1) is 0 Å². The highest BCUT2D eigenvalue weighted by molar-refractivity contribution is 7.80. The van der Waals surface area contributed by atoms with E-state index in [4.69, 9.17) is 17.0 Å². The summed E-state index contributed by atoms with van der Waals surface area (Å²) >= 11 is 5.19. The van der Waals surface area contributed by atoms with Crippen molar-refractivity contribution in [3.8, 4) is 0 Å². The quantitative estimate of drug-likeness (QED) is 0.534. The SMILES string of the molecule is COCCNC(=S)NC1CCCN(C)C1. The van der Waals surface area contributed by atoms with Crippen LogP contribution in [0, 0.1) is 0 Å². The van der Waals surface area contributed by atoms with E-state index < -0.39 is 0 Å². The van der Waals surface area contributed by atoms with Crippen LogP contribution in [0.3, 0.4) is 0 Å². The van der Waals surface area contributed by atoms with E-state index in [9.17, 15) is 0 Å². The predicted molar refractivity (Wildman–Crippen MR) is 66.1 cm³/mol. The van der Waals surface area contributed by atoms with Crippen molar-refractivity contribution >= 4 is 17.3 Å². The van der Waals surface area contributed by atoms with Crippen molar-refractivity contribution < 1.29 is 4.74 Å². The van der Waals surface area contributed by atoms with Crippen LogP contribution in [0.1, 0.15) is 12.8 Å². The van der Waals surface area contributed by atoms with Crippen molar-refractivity contribution in [3.05, 3.63) is 0 Å². The Kier molecular flexibility index (Phi) is 5.90. The number of piperidine rings is 1. The molecular formula is C10H21N3OS. The zero-order valence-corrected chi connectivity index (χ0v) is 10.4. The van der Waals surface area contributed by atoms with Crippen LogP contribution in [0.25, 0.3) is 0 Å². The van der Waals surface area contributed by atoms with Crippen molar-refractivity contribution in [1.29, 1.82) is 0 Å². The summed E-state index contributed by atoms with van der Waals surface area (Å²) < 4.78 is 4.94. The molecule has 1 heterocycles. The number of hydrogen-bond donors (Lipinski definition) is 2. The molecule has 0 aliphatic carbocycles. The Balaban J connectivity index is 2.13. The van der Waals surface area contributed by atoms with Crippen molar-refractivity contribution in [2.45, 2.75) is 18.9 Å². The Morgan fingerprint density at radius 3 is 3.07 bits per heavy atom. The Bertz CT molecular complexity index is 201. The lowest BCUT2D eigenvalue weighted by Crippen LogP contribution is -2.49. The summed E-state index contributed by atoms with van der Waals surface area (Å²) in [5, 5.41) is 7.20. The molecular weight excluding hydrogens is 210 g/mol. The van der Waals surface area contributed by atoms with Gasteiger partial charge in [0.15, 0.2) is 5.11 Å². The monoisotopic (exact) mass is 231 g/mol. The van der Waals surface area contributed by atoms with Crippen LogP contribution in [0.5, 0.6) is 0 Å². The second-order valence-electron chi connectivity index (χ2n) is 3.99. The second-order valence-corrected chi connectivity index (χ2v) is 4.40. The summed E-state index contributed by atoms with van der Waals surface area (Å²) in [6.45, 7) is 3.73. The van der Waals surface area contributed by atoms with Crippen LogP contribution in [-0.4, -0.2) is 56.5 Å². The molecule has 0 saturated carbocycles. The van der Waals surface area contributed by atoms with Crippen LogP contribution in [0.2, 0.25) is 0 Å². The minimum absolute atomic E-state index is 0.492. The summed E-state index contributed by atoms with van der Waals surface area (Å²) in [4.78, 5) is 2.33. The van der Waals surface area contributed by atoms with Gasteiger partial charge in [-0.25, -0.2) is 0 Å². The molecule has 1 atom stereocenters. The number of nitrogens with one attached hydrogen (secondary N) is 2. The fourth-order valence-electron chi connectivity index (χ4n) is 1.79. The molecule has 0 amide bonds. The molecule has 5 heteroatoms. The Labute approximate surface area is 97.3 Å². The van der Waals surface area contributed by atoms with Crippen LogP contribution in [0.4, 0.5) is 0 Å². The summed E-state index contributed by atoms with van der Waals surface area (Å²) in [6.07, 6.45) is 2.45. The molecule has 4 nitrogen and oxygen atoms in total. The zero-order chi connectivity index (χ0) is 11.1. The topological polar surface area (TPSA) is 36.5 Å². The predicted octanol–water partition coefficient (Wildman–Crippen LogP) is 0.191. The summed E-state index contributed by atoms with van der Waals surface area (Å²) in [5.41, 5.74) is 0. The lowest BCUT2D eigenvalue weighted by atomic mass is 10.1. The summed E-state index contributed by atoms with van der Waals surface area (Å²) in [7, 11) is 3.84. The van der Waals surface area contributed by atoms with Crippen LogP contribution < -0.4 is 10.6 Å². The zero-order valence-electron chi connectivity index (χ0n) is 9.58. The smallest absolute Gasteiger partial charge is 0.166 e. The first-order valence-electron chi connectivity index (χ1n) is 5.44. The van der Waals surface area contributed by atoms with Gasteiger partial charge in [-0.05, 0) is 38.7 Å². The van der Waals surface area contributed by atoms with Gasteiger partial charge in [-0.1, -0.05) is 0 Å². The first-order chi connectivity index (χ1) is 7.22. The van der Waals surface area contributed by atoms with Gasteiger partial charge in [0, 0.05) is 26.2 Å². The molecule has 15 heavy (non-hydrogen) atoms. The van der Waals surface area contributed by atoms with Gasteiger partial charge >= 0.3 is 0 Å². The molecule has 1 fully saturated rings. The molecule has 1 aliphatic rings. The van der Waals surface area contributed by atoms with Gasteiger partial charge in [0.2, 0.25) is 0 Å². The third-order valence-electron chi connectivity index (χ3n) is 2.55. The van der Waals surface area contributed by atoms with E-state index in [0.717, 1.165) is 18.2 Å². The van der Waals surface area contributed by atoms with Gasteiger partial charge in [0.25, 0.3) is 0 Å². The van der Waals surface area contributed by atoms with E-state index in [1.807, 2.05) is 0 Å². The molecule has 1 rings (SSSR count). The number of methoxy groups -OCH3 is 1. The molecule has 0 aromatic heterocycles. The highest BCUT2D eigenvalue weighted by Crippen LogP contribution is 2.07. The number of likely N-dealkylation sites (tertiary alicyclic amines) is 1. The lowest BCUT2D eigenvalue weighted by Gasteiger charge is -2.31. The standard InChI is InChI=1S/C10H21N3OS/c1-13-6-3-4-9(8-13)12-10(15)11-5-7-14-2/h9H,3-8H2,1-2H3,(H2,11,12,15). The molecule has 0 radical (unpaired) electrons. The minimum atomic E-state index is 0.492. The molecule has 0 aromatic carbocycles. The number of hydrogen-bond acceptors (Lipinski definition) is 3. The van der Waals surface area contributed by atoms with E-state index in [-0.39, 0.29) is 0 Å². The third-order valence-corrected chi connectivity index (χ3v) is 2.81. The highest BCUT2D eigenvalue weighted by atomic mass is 32.1. The van der Waals surface area contributed by atoms with Gasteiger partial charge in [0.1, 0.15) is 0 Å². The normalized spacial score (nSPS) is 22.4. The Morgan fingerprint density at radius 2 is 2.40 bits per heavy atom. The van der Waals surface area contributed by atoms with E-state index in [1.165, 1.54) is 19.4 Å². The first-order valence-corrected chi connectivity index (χ1v) is 5.85. The fourth-order valence-corrected chi connectivity index (χ4v) is 2.06. The van der Waals surface area contributed by atoms with E-state index in [2.05, 4.69) is 22.6 Å². The van der Waals surface area contributed by atoms with Gasteiger partial charge in [-0.2, -0.15) is 0 Å². The van der Waals surface area contributed by atoms with Crippen LogP contribution in [0.15, 0.2) is 0 Å². The Hall–Kier alpha value is -0.390. The largest absolute Gasteiger partial charge is 0.383 e. The second kappa shape index (κ2) is 6.98. The molecule has 0 spiro atoms. The van der Waals surface area contributed by atoms with Crippen LogP contribution >= 0.6 is 12.2 Å². The van der Waals surface area contributed by atoms with Crippen molar-refractivity contribution in [3.63, 3.8) is 0 Å². The molecule has 1 aliphatic heterocycles. The van der Waals surface area contributed by atoms with E-state index in [0.29, 0.717) is 12.6 Å². The molecule has 2 N–H and O–H groups in total. The maximum atomic E-state index is 5.19. The van der Waals surface area contributed by atoms with Crippen molar-refractivity contribution in [2.24, 2.45) is 0 Å². The van der Waals surface area contributed by atoms with Crippen molar-refractivity contribution in [2.75, 3.05) is 40.4 Å². The van der Waals surface area contributed by atoms with E-state index in [1.54, 1.807) is 7.11 Å². The highest BCUT2D eigenvalue weighted by Gasteiger charge is 2.17. The molecule has 0 aromatic rings. The maximum absolute atomic E-state index is 5.19.